The minimum atomic E-state index is -3.30. The van der Waals surface area contributed by atoms with Gasteiger partial charge in [0, 0.05) is 17.0 Å². The number of rotatable bonds is 2. The van der Waals surface area contributed by atoms with Gasteiger partial charge >= 0.3 is 0 Å². The number of amides is 1. The predicted molar refractivity (Wildman–Crippen MR) is 78.7 cm³/mol. The molecule has 1 atom stereocenters. The van der Waals surface area contributed by atoms with Crippen LogP contribution in [-0.4, -0.2) is 31.1 Å². The molecule has 1 aromatic carbocycles. The van der Waals surface area contributed by atoms with Crippen LogP contribution in [0.4, 0.5) is 4.39 Å². The fourth-order valence-electron chi connectivity index (χ4n) is 2.30. The highest BCUT2D eigenvalue weighted by Gasteiger charge is 2.24. The number of carbonyl (C=O) groups is 1. The maximum Gasteiger partial charge on any atom is 0.257 e. The van der Waals surface area contributed by atoms with Crippen LogP contribution in [0.1, 0.15) is 10.4 Å². The molecule has 1 amide bonds. The van der Waals surface area contributed by atoms with Crippen LogP contribution in [0.25, 0.3) is 10.9 Å². The molecule has 1 aromatic heterocycles. The molecule has 0 fully saturated rings. The lowest BCUT2D eigenvalue weighted by Crippen LogP contribution is -2.37. The standard InChI is InChI=1S/C14H11FN2O4S/c15-11-3-1-2-9-12(11)16-6-10(13(9)18)14(19)17-8-4-5-22(20,21)7-8/h1-6,8H,7H2,(H,16,18)(H,17,19). The number of aromatic amines is 1. The zero-order valence-corrected chi connectivity index (χ0v) is 12.0. The first-order chi connectivity index (χ1) is 10.4. The number of H-pyrrole nitrogens is 1. The molecule has 1 aliphatic heterocycles. The van der Waals surface area contributed by atoms with E-state index >= 15 is 0 Å². The van der Waals surface area contributed by atoms with Crippen LogP contribution < -0.4 is 10.7 Å². The van der Waals surface area contributed by atoms with Crippen molar-refractivity contribution in [3.63, 3.8) is 0 Å². The second kappa shape index (κ2) is 5.06. The summed E-state index contributed by atoms with van der Waals surface area (Å²) < 4.78 is 36.1. The van der Waals surface area contributed by atoms with Crippen LogP contribution in [0.3, 0.4) is 0 Å². The Labute approximate surface area is 124 Å². The van der Waals surface area contributed by atoms with Crippen molar-refractivity contribution in [2.75, 3.05) is 5.75 Å². The monoisotopic (exact) mass is 322 g/mol. The van der Waals surface area contributed by atoms with Crippen molar-refractivity contribution in [3.8, 4) is 0 Å². The van der Waals surface area contributed by atoms with Crippen molar-refractivity contribution < 1.29 is 17.6 Å². The molecule has 22 heavy (non-hydrogen) atoms. The summed E-state index contributed by atoms with van der Waals surface area (Å²) in [7, 11) is -3.30. The van der Waals surface area contributed by atoms with Gasteiger partial charge in [0.1, 0.15) is 11.4 Å². The molecule has 2 aromatic rings. The molecular weight excluding hydrogens is 311 g/mol. The minimum absolute atomic E-state index is 0.0207. The average Bonchev–Trinajstić information content (AvgIpc) is 2.79. The molecule has 114 valence electrons. The highest BCUT2D eigenvalue weighted by Crippen LogP contribution is 2.13. The first-order valence-electron chi connectivity index (χ1n) is 6.39. The number of hydrogen-bond acceptors (Lipinski definition) is 4. The normalized spacial score (nSPS) is 19.4. The molecule has 6 nitrogen and oxygen atoms in total. The van der Waals surface area contributed by atoms with Crippen LogP contribution in [0.2, 0.25) is 0 Å². The summed E-state index contributed by atoms with van der Waals surface area (Å²) in [5, 5.41) is 3.54. The van der Waals surface area contributed by atoms with E-state index in [-0.39, 0.29) is 22.2 Å². The van der Waals surface area contributed by atoms with Crippen molar-refractivity contribution in [3.05, 3.63) is 57.5 Å². The maximum atomic E-state index is 13.6. The molecule has 2 heterocycles. The van der Waals surface area contributed by atoms with Gasteiger partial charge in [0.2, 0.25) is 5.43 Å². The van der Waals surface area contributed by atoms with E-state index in [2.05, 4.69) is 10.3 Å². The molecule has 0 radical (unpaired) electrons. The number of halogens is 1. The van der Waals surface area contributed by atoms with Crippen molar-refractivity contribution in [2.24, 2.45) is 0 Å². The van der Waals surface area contributed by atoms with E-state index in [1.807, 2.05) is 0 Å². The fourth-order valence-corrected chi connectivity index (χ4v) is 3.53. The van der Waals surface area contributed by atoms with E-state index in [1.165, 1.54) is 24.3 Å². The zero-order valence-electron chi connectivity index (χ0n) is 11.2. The van der Waals surface area contributed by atoms with Gasteiger partial charge in [-0.15, -0.1) is 0 Å². The predicted octanol–water partition coefficient (Wildman–Crippen LogP) is 0.708. The largest absolute Gasteiger partial charge is 0.358 e. The van der Waals surface area contributed by atoms with Crippen LogP contribution in [0.15, 0.2) is 40.7 Å². The Kier molecular flexibility index (Phi) is 3.32. The van der Waals surface area contributed by atoms with E-state index < -0.39 is 33.0 Å². The third kappa shape index (κ3) is 2.52. The summed E-state index contributed by atoms with van der Waals surface area (Å²) in [6.07, 6.45) is 2.47. The van der Waals surface area contributed by atoms with Gasteiger partial charge in [-0.25, -0.2) is 12.8 Å². The number of para-hydroxylation sites is 1. The van der Waals surface area contributed by atoms with Crippen molar-refractivity contribution >= 4 is 26.6 Å². The fraction of sp³-hybridized carbons (Fsp3) is 0.143. The van der Waals surface area contributed by atoms with E-state index in [1.54, 1.807) is 0 Å². The maximum absolute atomic E-state index is 13.6. The molecule has 1 unspecified atom stereocenters. The van der Waals surface area contributed by atoms with E-state index in [0.29, 0.717) is 0 Å². The van der Waals surface area contributed by atoms with Crippen LogP contribution >= 0.6 is 0 Å². The number of benzene rings is 1. The molecule has 0 saturated heterocycles. The van der Waals surface area contributed by atoms with E-state index in [4.69, 9.17) is 0 Å². The van der Waals surface area contributed by atoms with E-state index in [0.717, 1.165) is 11.6 Å². The molecule has 0 spiro atoms. The highest BCUT2D eigenvalue weighted by molar-refractivity contribution is 7.94. The van der Waals surface area contributed by atoms with Gasteiger partial charge in [-0.05, 0) is 18.2 Å². The SMILES string of the molecule is O=C(NC1C=CS(=O)(=O)C1)c1c[nH]c2c(F)cccc2c1=O. The van der Waals surface area contributed by atoms with Gasteiger partial charge in [0.15, 0.2) is 9.84 Å². The minimum Gasteiger partial charge on any atom is -0.358 e. The molecule has 0 saturated carbocycles. The average molecular weight is 322 g/mol. The first-order valence-corrected chi connectivity index (χ1v) is 8.11. The van der Waals surface area contributed by atoms with Gasteiger partial charge in [-0.2, -0.15) is 0 Å². The van der Waals surface area contributed by atoms with Gasteiger partial charge in [0.05, 0.1) is 17.3 Å². The Morgan fingerprint density at radius 3 is 2.82 bits per heavy atom. The number of nitrogens with one attached hydrogen (secondary N) is 2. The van der Waals surface area contributed by atoms with Crippen LogP contribution in [0.5, 0.6) is 0 Å². The van der Waals surface area contributed by atoms with Gasteiger partial charge in [-0.1, -0.05) is 6.07 Å². The molecule has 0 aliphatic carbocycles. The number of hydrogen-bond donors (Lipinski definition) is 2. The number of pyridine rings is 1. The Balaban J connectivity index is 1.94. The Morgan fingerprint density at radius 2 is 2.14 bits per heavy atom. The smallest absolute Gasteiger partial charge is 0.257 e. The number of sulfone groups is 1. The summed E-state index contributed by atoms with van der Waals surface area (Å²) in [6, 6.07) is 3.31. The zero-order chi connectivity index (χ0) is 15.9. The Bertz CT molecular complexity index is 962. The van der Waals surface area contributed by atoms with Crippen molar-refractivity contribution in [1.82, 2.24) is 10.3 Å². The summed E-state index contributed by atoms with van der Waals surface area (Å²) in [5.41, 5.74) is -0.793. The second-order valence-electron chi connectivity index (χ2n) is 4.93. The topological polar surface area (TPSA) is 96.1 Å². The second-order valence-corrected chi connectivity index (χ2v) is 6.86. The molecule has 2 N–H and O–H groups in total. The van der Waals surface area contributed by atoms with Crippen molar-refractivity contribution in [2.45, 2.75) is 6.04 Å². The third-order valence-corrected chi connectivity index (χ3v) is 4.75. The molecule has 1 aliphatic rings. The highest BCUT2D eigenvalue weighted by atomic mass is 32.2. The van der Waals surface area contributed by atoms with Crippen LogP contribution in [0, 0.1) is 5.82 Å². The quantitative estimate of drug-likeness (QED) is 0.851. The summed E-state index contributed by atoms with van der Waals surface area (Å²) in [4.78, 5) is 26.9. The Morgan fingerprint density at radius 1 is 1.36 bits per heavy atom. The molecular formula is C14H11FN2O4S. The lowest BCUT2D eigenvalue weighted by Gasteiger charge is -2.10. The van der Waals surface area contributed by atoms with Gasteiger partial charge in [-0.3, -0.25) is 9.59 Å². The number of aromatic nitrogens is 1. The summed E-state index contributed by atoms with van der Waals surface area (Å²) >= 11 is 0. The molecule has 0 bridgehead atoms. The van der Waals surface area contributed by atoms with Gasteiger partial charge in [0.25, 0.3) is 5.91 Å². The Hall–Kier alpha value is -2.48. The lowest BCUT2D eigenvalue weighted by molar-refractivity contribution is 0.0946. The van der Waals surface area contributed by atoms with Crippen molar-refractivity contribution in [1.29, 1.82) is 0 Å². The molecule has 3 rings (SSSR count). The first kappa shape index (κ1) is 14.5. The summed E-state index contributed by atoms with van der Waals surface area (Å²) in [5.74, 6) is -1.54. The lowest BCUT2D eigenvalue weighted by atomic mass is 10.1. The van der Waals surface area contributed by atoms with Crippen LogP contribution in [-0.2, 0) is 9.84 Å². The van der Waals surface area contributed by atoms with E-state index in [9.17, 15) is 22.4 Å². The van der Waals surface area contributed by atoms with Gasteiger partial charge < -0.3 is 10.3 Å². The number of carbonyl (C=O) groups excluding carboxylic acids is 1. The third-order valence-electron chi connectivity index (χ3n) is 3.35. The number of fused-ring (bicyclic) bond motifs is 1. The molecule has 8 heteroatoms. The summed E-state index contributed by atoms with van der Waals surface area (Å²) in [6.45, 7) is 0.